The summed E-state index contributed by atoms with van der Waals surface area (Å²) < 4.78 is -0.691. The standard InChI is InChI=1S/C9H12Cl2O2/c1-5(12)8(6(2)13)3-7-4-9(7,10)11/h7-8H,3-4H2,1-2H3. The molecular weight excluding hydrogens is 211 g/mol. The molecule has 1 aliphatic carbocycles. The van der Waals surface area contributed by atoms with E-state index in [1.165, 1.54) is 13.8 Å². The molecule has 13 heavy (non-hydrogen) atoms. The molecule has 2 nitrogen and oxygen atoms in total. The topological polar surface area (TPSA) is 34.1 Å². The fourth-order valence-electron chi connectivity index (χ4n) is 1.43. The summed E-state index contributed by atoms with van der Waals surface area (Å²) >= 11 is 11.6. The monoisotopic (exact) mass is 222 g/mol. The van der Waals surface area contributed by atoms with Crippen molar-refractivity contribution < 1.29 is 9.59 Å². The lowest BCUT2D eigenvalue weighted by Gasteiger charge is -2.09. The third kappa shape index (κ3) is 2.68. The average Bonchev–Trinajstić information content (AvgIpc) is 2.52. The Morgan fingerprint density at radius 2 is 1.77 bits per heavy atom. The largest absolute Gasteiger partial charge is 0.299 e. The summed E-state index contributed by atoms with van der Waals surface area (Å²) in [5.41, 5.74) is 0. The van der Waals surface area contributed by atoms with Crippen LogP contribution in [-0.2, 0) is 9.59 Å². The maximum absolute atomic E-state index is 11.1. The van der Waals surface area contributed by atoms with E-state index < -0.39 is 10.3 Å². The lowest BCUT2D eigenvalue weighted by atomic mass is 9.94. The van der Waals surface area contributed by atoms with Crippen molar-refractivity contribution in [2.24, 2.45) is 11.8 Å². The minimum Gasteiger partial charge on any atom is -0.299 e. The van der Waals surface area contributed by atoms with Gasteiger partial charge in [-0.15, -0.1) is 23.2 Å². The van der Waals surface area contributed by atoms with Gasteiger partial charge in [0.05, 0.1) is 5.92 Å². The van der Waals surface area contributed by atoms with Crippen LogP contribution >= 0.6 is 23.2 Å². The minimum atomic E-state index is -0.691. The Kier molecular flexibility index (Phi) is 3.03. The maximum Gasteiger partial charge on any atom is 0.140 e. The molecule has 0 aliphatic heterocycles. The molecule has 0 radical (unpaired) electrons. The lowest BCUT2D eigenvalue weighted by Crippen LogP contribution is -2.20. The number of ketones is 2. The molecule has 0 spiro atoms. The zero-order valence-corrected chi connectivity index (χ0v) is 9.15. The molecule has 1 saturated carbocycles. The molecule has 1 aliphatic rings. The van der Waals surface area contributed by atoms with Gasteiger partial charge in [0.2, 0.25) is 0 Å². The molecule has 0 aromatic carbocycles. The molecule has 0 aromatic heterocycles. The van der Waals surface area contributed by atoms with Gasteiger partial charge < -0.3 is 0 Å². The summed E-state index contributed by atoms with van der Waals surface area (Å²) in [6.45, 7) is 2.86. The first-order chi connectivity index (χ1) is 5.84. The van der Waals surface area contributed by atoms with Crippen LogP contribution in [0.3, 0.4) is 0 Å². The predicted octanol–water partition coefficient (Wildman–Crippen LogP) is 2.36. The van der Waals surface area contributed by atoms with Crippen molar-refractivity contribution in [1.82, 2.24) is 0 Å². The molecule has 1 unspecified atom stereocenters. The van der Waals surface area contributed by atoms with Gasteiger partial charge in [-0.3, -0.25) is 9.59 Å². The first kappa shape index (κ1) is 11.0. The summed E-state index contributed by atoms with van der Waals surface area (Å²) in [4.78, 5) is 22.1. The third-order valence-corrected chi connectivity index (χ3v) is 3.38. The van der Waals surface area contributed by atoms with Crippen LogP contribution in [0.5, 0.6) is 0 Å². The zero-order valence-electron chi connectivity index (χ0n) is 7.64. The molecule has 0 bridgehead atoms. The van der Waals surface area contributed by atoms with Crippen LogP contribution < -0.4 is 0 Å². The van der Waals surface area contributed by atoms with Crippen molar-refractivity contribution in [3.05, 3.63) is 0 Å². The van der Waals surface area contributed by atoms with Crippen molar-refractivity contribution in [3.8, 4) is 0 Å². The molecule has 1 atom stereocenters. The van der Waals surface area contributed by atoms with Gasteiger partial charge in [-0.25, -0.2) is 0 Å². The highest BCUT2D eigenvalue weighted by atomic mass is 35.5. The van der Waals surface area contributed by atoms with Crippen molar-refractivity contribution in [1.29, 1.82) is 0 Å². The summed E-state index contributed by atoms with van der Waals surface area (Å²) in [7, 11) is 0. The number of rotatable bonds is 4. The molecule has 0 heterocycles. The molecule has 0 aromatic rings. The Balaban J connectivity index is 2.51. The summed E-state index contributed by atoms with van der Waals surface area (Å²) in [5, 5.41) is 0. The number of carbonyl (C=O) groups is 2. The quantitative estimate of drug-likeness (QED) is 0.541. The van der Waals surface area contributed by atoms with E-state index in [0.29, 0.717) is 12.8 Å². The highest BCUT2D eigenvalue weighted by Gasteiger charge is 2.52. The normalized spacial score (nSPS) is 24.5. The number of carbonyl (C=O) groups excluding carboxylic acids is 2. The van der Waals surface area contributed by atoms with Gasteiger partial charge in [0, 0.05) is 0 Å². The van der Waals surface area contributed by atoms with E-state index in [-0.39, 0.29) is 17.5 Å². The number of halogens is 2. The predicted molar refractivity (Wildman–Crippen MR) is 52.0 cm³/mol. The van der Waals surface area contributed by atoms with Crippen LogP contribution in [0.4, 0.5) is 0 Å². The number of hydrogen-bond acceptors (Lipinski definition) is 2. The third-order valence-electron chi connectivity index (χ3n) is 2.46. The van der Waals surface area contributed by atoms with E-state index in [4.69, 9.17) is 23.2 Å². The van der Waals surface area contributed by atoms with Gasteiger partial charge in [0.1, 0.15) is 15.9 Å². The van der Waals surface area contributed by atoms with Gasteiger partial charge in [-0.05, 0) is 32.6 Å². The smallest absolute Gasteiger partial charge is 0.140 e. The molecule has 0 saturated heterocycles. The van der Waals surface area contributed by atoms with E-state index in [9.17, 15) is 9.59 Å². The molecule has 0 N–H and O–H groups in total. The van der Waals surface area contributed by atoms with E-state index >= 15 is 0 Å². The molecule has 74 valence electrons. The summed E-state index contributed by atoms with van der Waals surface area (Å²) in [6, 6.07) is 0. The van der Waals surface area contributed by atoms with Crippen LogP contribution in [0, 0.1) is 11.8 Å². The second-order valence-corrected chi connectivity index (χ2v) is 5.21. The fraction of sp³-hybridized carbons (Fsp3) is 0.778. The van der Waals surface area contributed by atoms with Gasteiger partial charge in [0.15, 0.2) is 0 Å². The number of Topliss-reactive ketones (excluding diaryl/α,β-unsaturated/α-hetero) is 2. The van der Waals surface area contributed by atoms with Crippen LogP contribution in [0.25, 0.3) is 0 Å². The Bertz CT molecular complexity index is 234. The van der Waals surface area contributed by atoms with Gasteiger partial charge in [0.25, 0.3) is 0 Å². The Morgan fingerprint density at radius 3 is 2.00 bits per heavy atom. The van der Waals surface area contributed by atoms with Crippen molar-refractivity contribution in [3.63, 3.8) is 0 Å². The first-order valence-electron chi connectivity index (χ1n) is 4.23. The van der Waals surface area contributed by atoms with E-state index in [0.717, 1.165) is 0 Å². The van der Waals surface area contributed by atoms with Crippen LogP contribution in [0.1, 0.15) is 26.7 Å². The summed E-state index contributed by atoms with van der Waals surface area (Å²) in [5.74, 6) is -0.593. The van der Waals surface area contributed by atoms with Gasteiger partial charge in [-0.1, -0.05) is 0 Å². The van der Waals surface area contributed by atoms with Crippen LogP contribution in [-0.4, -0.2) is 15.9 Å². The highest BCUT2D eigenvalue weighted by molar-refractivity contribution is 6.50. The molecule has 4 heteroatoms. The zero-order chi connectivity index (χ0) is 10.2. The second-order valence-electron chi connectivity index (χ2n) is 3.67. The lowest BCUT2D eigenvalue weighted by molar-refractivity contribution is -0.130. The second kappa shape index (κ2) is 3.58. The Labute approximate surface area is 87.6 Å². The highest BCUT2D eigenvalue weighted by Crippen LogP contribution is 2.56. The Hall–Kier alpha value is -0.0800. The maximum atomic E-state index is 11.1. The van der Waals surface area contributed by atoms with Crippen molar-refractivity contribution >= 4 is 34.8 Å². The van der Waals surface area contributed by atoms with E-state index in [2.05, 4.69) is 0 Å². The minimum absolute atomic E-state index is 0.0940. The number of alkyl halides is 2. The molecule has 1 rings (SSSR count). The number of hydrogen-bond donors (Lipinski definition) is 0. The van der Waals surface area contributed by atoms with Crippen molar-refractivity contribution in [2.45, 2.75) is 31.0 Å². The first-order valence-corrected chi connectivity index (χ1v) is 4.99. The summed E-state index contributed by atoms with van der Waals surface area (Å²) in [6.07, 6.45) is 1.19. The average molecular weight is 223 g/mol. The van der Waals surface area contributed by atoms with E-state index in [1.54, 1.807) is 0 Å². The van der Waals surface area contributed by atoms with Gasteiger partial charge >= 0.3 is 0 Å². The van der Waals surface area contributed by atoms with Crippen LogP contribution in [0.15, 0.2) is 0 Å². The fourth-order valence-corrected chi connectivity index (χ4v) is 1.98. The SMILES string of the molecule is CC(=O)C(CC1CC1(Cl)Cl)C(C)=O. The van der Waals surface area contributed by atoms with E-state index in [1.807, 2.05) is 0 Å². The molecule has 0 amide bonds. The van der Waals surface area contributed by atoms with Crippen LogP contribution in [0.2, 0.25) is 0 Å². The Morgan fingerprint density at radius 1 is 1.38 bits per heavy atom. The van der Waals surface area contributed by atoms with Crippen molar-refractivity contribution in [2.75, 3.05) is 0 Å². The van der Waals surface area contributed by atoms with Gasteiger partial charge in [-0.2, -0.15) is 0 Å². The molecule has 1 fully saturated rings. The molecular formula is C9H12Cl2O2.